The van der Waals surface area contributed by atoms with Crippen molar-refractivity contribution in [3.63, 3.8) is 0 Å². The molecule has 3 unspecified atom stereocenters. The molecule has 0 amide bonds. The van der Waals surface area contributed by atoms with Crippen molar-refractivity contribution in [1.29, 1.82) is 0 Å². The normalized spacial score (nSPS) is 31.4. The van der Waals surface area contributed by atoms with Crippen LogP contribution >= 0.6 is 0 Å². The third kappa shape index (κ3) is 1.96. The highest BCUT2D eigenvalue weighted by Crippen LogP contribution is 2.51. The van der Waals surface area contributed by atoms with E-state index in [9.17, 15) is 0 Å². The number of aromatic nitrogens is 2. The number of anilines is 1. The van der Waals surface area contributed by atoms with Gasteiger partial charge >= 0.3 is 0 Å². The summed E-state index contributed by atoms with van der Waals surface area (Å²) in [6.45, 7) is 6.44. The number of hydrogen-bond acceptors (Lipinski definition) is 2. The Morgan fingerprint density at radius 1 is 1.35 bits per heavy atom. The van der Waals surface area contributed by atoms with Gasteiger partial charge in [-0.05, 0) is 51.9 Å². The van der Waals surface area contributed by atoms with E-state index in [-0.39, 0.29) is 0 Å². The Morgan fingerprint density at radius 2 is 2.18 bits per heavy atom. The molecule has 17 heavy (non-hydrogen) atoms. The summed E-state index contributed by atoms with van der Waals surface area (Å²) in [7, 11) is 0. The quantitative estimate of drug-likeness (QED) is 0.867. The van der Waals surface area contributed by atoms with Gasteiger partial charge in [0.1, 0.15) is 0 Å². The first-order valence-corrected chi connectivity index (χ1v) is 6.95. The van der Waals surface area contributed by atoms with Crippen LogP contribution in [0.1, 0.15) is 51.3 Å². The van der Waals surface area contributed by atoms with Gasteiger partial charge in [-0.25, -0.2) is 4.98 Å². The van der Waals surface area contributed by atoms with Crippen LogP contribution in [0.3, 0.4) is 0 Å². The molecule has 1 aromatic heterocycles. The van der Waals surface area contributed by atoms with Gasteiger partial charge in [0.25, 0.3) is 0 Å². The van der Waals surface area contributed by atoms with Crippen LogP contribution in [0.25, 0.3) is 0 Å². The number of imidazole rings is 1. The maximum Gasteiger partial charge on any atom is 0.203 e. The molecular weight excluding hydrogens is 210 g/mol. The molecule has 94 valence electrons. The van der Waals surface area contributed by atoms with E-state index in [1.807, 2.05) is 0 Å². The van der Waals surface area contributed by atoms with E-state index in [0.29, 0.717) is 12.1 Å². The molecule has 3 rings (SSSR count). The second kappa shape index (κ2) is 4.04. The number of nitrogens with zero attached hydrogens (tertiary/aromatic N) is 2. The van der Waals surface area contributed by atoms with Gasteiger partial charge in [-0.15, -0.1) is 0 Å². The fourth-order valence-corrected chi connectivity index (χ4v) is 3.69. The van der Waals surface area contributed by atoms with Crippen molar-refractivity contribution in [3.8, 4) is 0 Å². The molecule has 3 heteroatoms. The molecule has 0 aromatic carbocycles. The molecule has 0 radical (unpaired) electrons. The minimum Gasteiger partial charge on any atom is -0.353 e. The molecule has 3 atom stereocenters. The van der Waals surface area contributed by atoms with E-state index in [1.54, 1.807) is 0 Å². The molecule has 3 nitrogen and oxygen atoms in total. The summed E-state index contributed by atoms with van der Waals surface area (Å²) < 4.78 is 2.42. The number of rotatable bonds is 3. The zero-order valence-electron chi connectivity index (χ0n) is 11.1. The first-order chi connectivity index (χ1) is 8.13. The summed E-state index contributed by atoms with van der Waals surface area (Å²) in [6.07, 6.45) is 7.93. The molecule has 0 saturated heterocycles. The Kier molecular flexibility index (Phi) is 2.64. The molecular formula is C14H23N3. The molecule has 2 fully saturated rings. The van der Waals surface area contributed by atoms with E-state index in [1.165, 1.54) is 25.7 Å². The van der Waals surface area contributed by atoms with E-state index in [4.69, 9.17) is 0 Å². The Balaban J connectivity index is 1.86. The lowest BCUT2D eigenvalue weighted by atomic mass is 9.95. The highest BCUT2D eigenvalue weighted by molar-refractivity contribution is 5.31. The maximum atomic E-state index is 4.63. The van der Waals surface area contributed by atoms with Crippen molar-refractivity contribution in [1.82, 2.24) is 9.55 Å². The second-order valence-electron chi connectivity index (χ2n) is 6.15. The summed E-state index contributed by atoms with van der Waals surface area (Å²) in [5, 5.41) is 3.48. The average Bonchev–Trinajstić information content (AvgIpc) is 2.91. The van der Waals surface area contributed by atoms with Crippen LogP contribution in [-0.2, 0) is 0 Å². The van der Waals surface area contributed by atoms with Crippen LogP contribution in [0, 0.1) is 18.8 Å². The Morgan fingerprint density at radius 3 is 2.76 bits per heavy atom. The molecule has 2 bridgehead atoms. The molecule has 0 aliphatic heterocycles. The van der Waals surface area contributed by atoms with Crippen molar-refractivity contribution in [2.75, 3.05) is 5.32 Å². The summed E-state index contributed by atoms with van der Waals surface area (Å²) in [4.78, 5) is 4.63. The van der Waals surface area contributed by atoms with Crippen molar-refractivity contribution >= 4 is 5.95 Å². The van der Waals surface area contributed by atoms with E-state index >= 15 is 0 Å². The number of nitrogens with one attached hydrogen (secondary N) is 1. The van der Waals surface area contributed by atoms with Crippen molar-refractivity contribution < 1.29 is 0 Å². The van der Waals surface area contributed by atoms with Gasteiger partial charge < -0.3 is 9.88 Å². The Bertz CT molecular complexity index is 408. The summed E-state index contributed by atoms with van der Waals surface area (Å²) >= 11 is 0. The molecule has 1 N–H and O–H groups in total. The van der Waals surface area contributed by atoms with Crippen molar-refractivity contribution in [2.24, 2.45) is 11.8 Å². The highest BCUT2D eigenvalue weighted by atomic mass is 15.2. The van der Waals surface area contributed by atoms with Crippen LogP contribution in [-0.4, -0.2) is 15.6 Å². The molecule has 2 saturated carbocycles. The SMILES string of the molecule is Cc1cn(C2CC3CCC2C3)c(NC(C)C)n1. The summed E-state index contributed by atoms with van der Waals surface area (Å²) in [5.74, 6) is 2.97. The van der Waals surface area contributed by atoms with E-state index in [0.717, 1.165) is 23.5 Å². The lowest BCUT2D eigenvalue weighted by molar-refractivity contribution is 0.332. The third-order valence-electron chi connectivity index (χ3n) is 4.33. The molecule has 1 heterocycles. The predicted octanol–water partition coefficient (Wildman–Crippen LogP) is 3.37. The van der Waals surface area contributed by atoms with Gasteiger partial charge in [-0.1, -0.05) is 6.42 Å². The van der Waals surface area contributed by atoms with Crippen molar-refractivity contribution in [3.05, 3.63) is 11.9 Å². The zero-order chi connectivity index (χ0) is 12.0. The van der Waals surface area contributed by atoms with Gasteiger partial charge in [0.05, 0.1) is 5.69 Å². The predicted molar refractivity (Wildman–Crippen MR) is 70.2 cm³/mol. The molecule has 2 aliphatic rings. The first kappa shape index (κ1) is 11.1. The monoisotopic (exact) mass is 233 g/mol. The number of hydrogen-bond donors (Lipinski definition) is 1. The smallest absolute Gasteiger partial charge is 0.203 e. The highest BCUT2D eigenvalue weighted by Gasteiger charge is 2.41. The largest absolute Gasteiger partial charge is 0.353 e. The average molecular weight is 233 g/mol. The lowest BCUT2D eigenvalue weighted by Crippen LogP contribution is -2.20. The summed E-state index contributed by atoms with van der Waals surface area (Å²) in [5.41, 5.74) is 1.14. The van der Waals surface area contributed by atoms with Crippen LogP contribution in [0.15, 0.2) is 6.20 Å². The number of aryl methyl sites for hydroxylation is 1. The zero-order valence-corrected chi connectivity index (χ0v) is 11.1. The third-order valence-corrected chi connectivity index (χ3v) is 4.33. The fourth-order valence-electron chi connectivity index (χ4n) is 3.69. The minimum atomic E-state index is 0.453. The van der Waals surface area contributed by atoms with Crippen LogP contribution < -0.4 is 5.32 Å². The fraction of sp³-hybridized carbons (Fsp3) is 0.786. The minimum absolute atomic E-state index is 0.453. The first-order valence-electron chi connectivity index (χ1n) is 6.95. The standard InChI is InChI=1S/C14H23N3/c1-9(2)15-14-16-10(3)8-17(14)13-7-11-4-5-12(13)6-11/h8-9,11-13H,4-7H2,1-3H3,(H,15,16). The Labute approximate surface area is 104 Å². The van der Waals surface area contributed by atoms with Gasteiger partial charge in [-0.3, -0.25) is 0 Å². The molecule has 1 aromatic rings. The van der Waals surface area contributed by atoms with Gasteiger partial charge in [0, 0.05) is 18.3 Å². The van der Waals surface area contributed by atoms with Crippen molar-refractivity contribution in [2.45, 2.75) is 58.5 Å². The van der Waals surface area contributed by atoms with Crippen LogP contribution in [0.5, 0.6) is 0 Å². The Hall–Kier alpha value is -0.990. The second-order valence-corrected chi connectivity index (χ2v) is 6.15. The number of fused-ring (bicyclic) bond motifs is 2. The van der Waals surface area contributed by atoms with Crippen LogP contribution in [0.2, 0.25) is 0 Å². The van der Waals surface area contributed by atoms with Gasteiger partial charge in [0.2, 0.25) is 5.95 Å². The lowest BCUT2D eigenvalue weighted by Gasteiger charge is -2.25. The topological polar surface area (TPSA) is 29.9 Å². The maximum absolute atomic E-state index is 4.63. The van der Waals surface area contributed by atoms with Gasteiger partial charge in [-0.2, -0.15) is 0 Å². The van der Waals surface area contributed by atoms with E-state index in [2.05, 4.69) is 41.8 Å². The van der Waals surface area contributed by atoms with E-state index < -0.39 is 0 Å². The van der Waals surface area contributed by atoms with Gasteiger partial charge in [0.15, 0.2) is 0 Å². The molecule has 0 spiro atoms. The summed E-state index contributed by atoms with van der Waals surface area (Å²) in [6, 6.07) is 1.16. The van der Waals surface area contributed by atoms with Crippen LogP contribution in [0.4, 0.5) is 5.95 Å². The molecule has 2 aliphatic carbocycles.